The predicted molar refractivity (Wildman–Crippen MR) is 122 cm³/mol. The standard InChI is InChI=1S/C13H26O2.C11H19NO4/c1-3-4-5-6-7-8-9-10-11-12(2)13(14)15;1-11(2,3)16-10(15)12-6-4-8(5-7-12)9(13)14/h12H,3-11H2,1-2H3,(H,14,15);8H,4-7H2,1-3H3,(H,13,14). The van der Waals surface area contributed by atoms with E-state index in [9.17, 15) is 14.4 Å². The second-order valence-electron chi connectivity index (χ2n) is 9.58. The second-order valence-corrected chi connectivity index (χ2v) is 9.58. The van der Waals surface area contributed by atoms with E-state index in [-0.39, 0.29) is 17.9 Å². The molecule has 1 heterocycles. The number of carboxylic acid groups (broad SMARTS) is 2. The summed E-state index contributed by atoms with van der Waals surface area (Å²) in [5.41, 5.74) is -0.499. The third-order valence-electron chi connectivity index (χ3n) is 5.41. The monoisotopic (exact) mass is 443 g/mol. The molecule has 1 unspecified atom stereocenters. The molecule has 1 amide bonds. The quantitative estimate of drug-likeness (QED) is 0.382. The van der Waals surface area contributed by atoms with Crippen LogP contribution in [-0.2, 0) is 14.3 Å². The Morgan fingerprint density at radius 1 is 0.935 bits per heavy atom. The van der Waals surface area contributed by atoms with Crippen LogP contribution in [0.2, 0.25) is 0 Å². The Bertz CT molecular complexity index is 521. The molecule has 182 valence electrons. The van der Waals surface area contributed by atoms with E-state index >= 15 is 0 Å². The molecule has 2 N–H and O–H groups in total. The molecule has 1 atom stereocenters. The van der Waals surface area contributed by atoms with Gasteiger partial charge in [-0.2, -0.15) is 0 Å². The summed E-state index contributed by atoms with van der Waals surface area (Å²) in [6.45, 7) is 10.4. The van der Waals surface area contributed by atoms with E-state index in [1.807, 2.05) is 20.8 Å². The normalized spacial score (nSPS) is 15.6. The molecule has 0 radical (unpaired) electrons. The zero-order valence-electron chi connectivity index (χ0n) is 20.3. The molecule has 1 saturated heterocycles. The largest absolute Gasteiger partial charge is 0.481 e. The predicted octanol–water partition coefficient (Wildman–Crippen LogP) is 5.96. The molecule has 0 aliphatic carbocycles. The van der Waals surface area contributed by atoms with E-state index in [1.165, 1.54) is 44.9 Å². The number of amides is 1. The van der Waals surface area contributed by atoms with Crippen molar-refractivity contribution in [3.63, 3.8) is 0 Å². The molecule has 1 fully saturated rings. The van der Waals surface area contributed by atoms with E-state index in [0.717, 1.165) is 12.8 Å². The first-order valence-corrected chi connectivity index (χ1v) is 11.9. The molecular formula is C24H45NO6. The van der Waals surface area contributed by atoms with Gasteiger partial charge < -0.3 is 19.8 Å². The summed E-state index contributed by atoms with van der Waals surface area (Å²) < 4.78 is 5.21. The van der Waals surface area contributed by atoms with Crippen molar-refractivity contribution in [1.82, 2.24) is 4.90 Å². The third-order valence-corrected chi connectivity index (χ3v) is 5.41. The number of likely N-dealkylation sites (tertiary alicyclic amines) is 1. The number of rotatable bonds is 11. The number of carbonyl (C=O) groups is 3. The van der Waals surface area contributed by atoms with E-state index in [1.54, 1.807) is 11.8 Å². The number of hydrogen-bond acceptors (Lipinski definition) is 4. The maximum absolute atomic E-state index is 11.6. The zero-order chi connectivity index (χ0) is 23.9. The van der Waals surface area contributed by atoms with Crippen molar-refractivity contribution in [3.05, 3.63) is 0 Å². The SMILES string of the molecule is CC(C)(C)OC(=O)N1CCC(C(=O)O)CC1.CCCCCCCCCCC(C)C(=O)O. The van der Waals surface area contributed by atoms with Gasteiger partial charge in [0.25, 0.3) is 0 Å². The Labute approximate surface area is 188 Å². The molecule has 0 saturated carbocycles. The highest BCUT2D eigenvalue weighted by Gasteiger charge is 2.29. The zero-order valence-corrected chi connectivity index (χ0v) is 20.3. The molecule has 0 aromatic rings. The molecule has 1 rings (SSSR count). The molecular weight excluding hydrogens is 398 g/mol. The maximum atomic E-state index is 11.6. The van der Waals surface area contributed by atoms with Gasteiger partial charge in [0.2, 0.25) is 0 Å². The highest BCUT2D eigenvalue weighted by Crippen LogP contribution is 2.19. The molecule has 0 spiro atoms. The number of carboxylic acids is 2. The number of unbranched alkanes of at least 4 members (excludes halogenated alkanes) is 7. The lowest BCUT2D eigenvalue weighted by Crippen LogP contribution is -2.42. The third kappa shape index (κ3) is 15.6. The molecule has 7 heteroatoms. The molecule has 0 aromatic carbocycles. The van der Waals surface area contributed by atoms with Crippen molar-refractivity contribution in [2.24, 2.45) is 11.8 Å². The Kier molecular flexibility index (Phi) is 15.0. The molecule has 1 aliphatic heterocycles. The van der Waals surface area contributed by atoms with Gasteiger partial charge in [-0.15, -0.1) is 0 Å². The first kappa shape index (κ1) is 29.2. The number of aliphatic carboxylic acids is 2. The van der Waals surface area contributed by atoms with Gasteiger partial charge in [-0.1, -0.05) is 65.2 Å². The van der Waals surface area contributed by atoms with Crippen LogP contribution in [0.4, 0.5) is 4.79 Å². The summed E-state index contributed by atoms with van der Waals surface area (Å²) in [4.78, 5) is 34.5. The molecule has 31 heavy (non-hydrogen) atoms. The summed E-state index contributed by atoms with van der Waals surface area (Å²) in [6, 6.07) is 0. The summed E-state index contributed by atoms with van der Waals surface area (Å²) in [5.74, 6) is -1.91. The minimum atomic E-state index is -0.774. The van der Waals surface area contributed by atoms with Crippen LogP contribution in [0.5, 0.6) is 0 Å². The van der Waals surface area contributed by atoms with Crippen LogP contribution >= 0.6 is 0 Å². The molecule has 0 aromatic heterocycles. The summed E-state index contributed by atoms with van der Waals surface area (Å²) in [6.07, 6.45) is 11.7. The van der Waals surface area contributed by atoms with Gasteiger partial charge in [-0.3, -0.25) is 9.59 Å². The number of hydrogen-bond donors (Lipinski definition) is 2. The van der Waals surface area contributed by atoms with Crippen LogP contribution in [0.3, 0.4) is 0 Å². The summed E-state index contributed by atoms with van der Waals surface area (Å²) in [5, 5.41) is 17.5. The summed E-state index contributed by atoms with van der Waals surface area (Å²) >= 11 is 0. The number of ether oxygens (including phenoxy) is 1. The topological polar surface area (TPSA) is 104 Å². The Morgan fingerprint density at radius 2 is 1.42 bits per heavy atom. The van der Waals surface area contributed by atoms with Crippen molar-refractivity contribution in [2.45, 2.75) is 111 Å². The lowest BCUT2D eigenvalue weighted by molar-refractivity contribution is -0.143. The van der Waals surface area contributed by atoms with Gasteiger partial charge in [0, 0.05) is 13.1 Å². The molecule has 7 nitrogen and oxygen atoms in total. The Morgan fingerprint density at radius 3 is 1.84 bits per heavy atom. The summed E-state index contributed by atoms with van der Waals surface area (Å²) in [7, 11) is 0. The van der Waals surface area contributed by atoms with E-state index in [2.05, 4.69) is 6.92 Å². The van der Waals surface area contributed by atoms with Gasteiger partial charge in [-0.05, 0) is 40.0 Å². The minimum absolute atomic E-state index is 0.162. The Hall–Kier alpha value is -1.79. The first-order valence-electron chi connectivity index (χ1n) is 11.9. The van der Waals surface area contributed by atoms with Crippen LogP contribution in [0.15, 0.2) is 0 Å². The molecule has 0 bridgehead atoms. The van der Waals surface area contributed by atoms with Gasteiger partial charge in [0.1, 0.15) is 5.60 Å². The number of nitrogens with zero attached hydrogens (tertiary/aromatic N) is 1. The maximum Gasteiger partial charge on any atom is 0.410 e. The van der Waals surface area contributed by atoms with Crippen molar-refractivity contribution in [1.29, 1.82) is 0 Å². The number of piperidine rings is 1. The van der Waals surface area contributed by atoms with Crippen molar-refractivity contribution in [3.8, 4) is 0 Å². The average molecular weight is 444 g/mol. The lowest BCUT2D eigenvalue weighted by atomic mass is 9.97. The highest BCUT2D eigenvalue weighted by atomic mass is 16.6. The fourth-order valence-electron chi connectivity index (χ4n) is 3.34. The smallest absolute Gasteiger partial charge is 0.410 e. The van der Waals surface area contributed by atoms with E-state index in [4.69, 9.17) is 14.9 Å². The number of carbonyl (C=O) groups excluding carboxylic acids is 1. The van der Waals surface area contributed by atoms with Crippen molar-refractivity contribution >= 4 is 18.0 Å². The van der Waals surface area contributed by atoms with E-state index < -0.39 is 17.5 Å². The first-order chi connectivity index (χ1) is 14.5. The minimum Gasteiger partial charge on any atom is -0.481 e. The van der Waals surface area contributed by atoms with Crippen LogP contribution < -0.4 is 0 Å². The second kappa shape index (κ2) is 15.9. The van der Waals surface area contributed by atoms with Crippen molar-refractivity contribution < 1.29 is 29.3 Å². The van der Waals surface area contributed by atoms with Crippen molar-refractivity contribution in [2.75, 3.05) is 13.1 Å². The van der Waals surface area contributed by atoms with Gasteiger partial charge in [0.05, 0.1) is 11.8 Å². The van der Waals surface area contributed by atoms with Crippen LogP contribution in [0.25, 0.3) is 0 Å². The lowest BCUT2D eigenvalue weighted by Gasteiger charge is -2.32. The molecule has 1 aliphatic rings. The van der Waals surface area contributed by atoms with E-state index in [0.29, 0.717) is 25.9 Å². The van der Waals surface area contributed by atoms with Gasteiger partial charge in [-0.25, -0.2) is 4.79 Å². The van der Waals surface area contributed by atoms with Crippen LogP contribution in [0.1, 0.15) is 105 Å². The Balaban J connectivity index is 0.000000582. The van der Waals surface area contributed by atoms with Gasteiger partial charge in [0.15, 0.2) is 0 Å². The van der Waals surface area contributed by atoms with Gasteiger partial charge >= 0.3 is 18.0 Å². The average Bonchev–Trinajstić information content (AvgIpc) is 2.69. The fourth-order valence-corrected chi connectivity index (χ4v) is 3.34. The van der Waals surface area contributed by atoms with Crippen LogP contribution in [-0.4, -0.2) is 51.8 Å². The van der Waals surface area contributed by atoms with Crippen LogP contribution in [0, 0.1) is 11.8 Å². The highest BCUT2D eigenvalue weighted by molar-refractivity contribution is 5.72. The fraction of sp³-hybridized carbons (Fsp3) is 0.875.